The Morgan fingerprint density at radius 1 is 1.00 bits per heavy atom. The Kier molecular flexibility index (Phi) is 5.95. The summed E-state index contributed by atoms with van der Waals surface area (Å²) in [5.41, 5.74) is 2.29. The highest BCUT2D eigenvalue weighted by Crippen LogP contribution is 2.11. The molecule has 0 aliphatic carbocycles. The number of hydrogen-bond donors (Lipinski definition) is 2. The van der Waals surface area contributed by atoms with Gasteiger partial charge in [0.2, 0.25) is 0 Å². The molecule has 0 heterocycles. The Hall–Kier alpha value is -2.82. The third-order valence-electron chi connectivity index (χ3n) is 3.43. The maximum atomic E-state index is 12.2. The summed E-state index contributed by atoms with van der Waals surface area (Å²) in [5.74, 6) is -0.121. The van der Waals surface area contributed by atoms with Crippen LogP contribution >= 0.6 is 0 Å². The quantitative estimate of drug-likeness (QED) is 0.884. The number of benzene rings is 2. The van der Waals surface area contributed by atoms with Crippen LogP contribution in [0.4, 0.5) is 10.5 Å². The highest BCUT2D eigenvalue weighted by molar-refractivity contribution is 5.95. The molecule has 2 rings (SSSR count). The maximum absolute atomic E-state index is 12.2. The molecule has 24 heavy (non-hydrogen) atoms. The van der Waals surface area contributed by atoms with Gasteiger partial charge >= 0.3 is 6.03 Å². The molecule has 126 valence electrons. The maximum Gasteiger partial charge on any atom is 0.321 e. The summed E-state index contributed by atoms with van der Waals surface area (Å²) < 4.78 is 0. The predicted molar refractivity (Wildman–Crippen MR) is 96.0 cm³/mol. The van der Waals surface area contributed by atoms with E-state index in [0.29, 0.717) is 17.8 Å². The predicted octanol–water partition coefficient (Wildman–Crippen LogP) is 3.49. The minimum absolute atomic E-state index is 0.0866. The number of rotatable bonds is 5. The third kappa shape index (κ3) is 5.12. The number of carbonyl (C=O) groups excluding carboxylic acids is 2. The van der Waals surface area contributed by atoms with Crippen LogP contribution in [0.2, 0.25) is 0 Å². The van der Waals surface area contributed by atoms with Crippen molar-refractivity contribution >= 4 is 17.6 Å². The molecule has 0 radical (unpaired) electrons. The molecule has 0 unspecified atom stereocenters. The molecule has 0 fully saturated rings. The van der Waals surface area contributed by atoms with Crippen LogP contribution in [0.1, 0.15) is 29.8 Å². The van der Waals surface area contributed by atoms with E-state index in [-0.39, 0.29) is 18.0 Å². The molecule has 0 spiro atoms. The number of urea groups is 1. The molecular weight excluding hydrogens is 302 g/mol. The molecule has 0 saturated carbocycles. The van der Waals surface area contributed by atoms with Crippen LogP contribution in [0.5, 0.6) is 0 Å². The van der Waals surface area contributed by atoms with Crippen LogP contribution in [0.3, 0.4) is 0 Å². The first-order chi connectivity index (χ1) is 11.5. The van der Waals surface area contributed by atoms with Gasteiger partial charge in [-0.2, -0.15) is 0 Å². The summed E-state index contributed by atoms with van der Waals surface area (Å²) in [4.78, 5) is 25.7. The molecule has 0 aliphatic rings. The number of amides is 3. The zero-order valence-electron chi connectivity index (χ0n) is 14.2. The first-order valence-electron chi connectivity index (χ1n) is 7.92. The third-order valence-corrected chi connectivity index (χ3v) is 3.43. The molecule has 0 bridgehead atoms. The molecule has 2 aromatic carbocycles. The Bertz CT molecular complexity index is 682. The average Bonchev–Trinajstić information content (AvgIpc) is 2.55. The van der Waals surface area contributed by atoms with Crippen LogP contribution < -0.4 is 10.6 Å². The lowest BCUT2D eigenvalue weighted by atomic mass is 10.2. The fraction of sp³-hybridized carbons (Fsp3) is 0.263. The van der Waals surface area contributed by atoms with Gasteiger partial charge in [-0.05, 0) is 43.7 Å². The normalized spacial score (nSPS) is 10.3. The fourth-order valence-corrected chi connectivity index (χ4v) is 2.20. The van der Waals surface area contributed by atoms with E-state index in [9.17, 15) is 9.59 Å². The van der Waals surface area contributed by atoms with Gasteiger partial charge in [-0.25, -0.2) is 4.79 Å². The molecule has 5 heteroatoms. The number of nitrogens with one attached hydrogen (secondary N) is 2. The average molecular weight is 325 g/mol. The summed E-state index contributed by atoms with van der Waals surface area (Å²) in [6.45, 7) is 4.35. The van der Waals surface area contributed by atoms with Gasteiger partial charge in [0.05, 0.1) is 0 Å². The van der Waals surface area contributed by atoms with Gasteiger partial charge in [0.1, 0.15) is 0 Å². The van der Waals surface area contributed by atoms with Crippen molar-refractivity contribution in [3.8, 4) is 0 Å². The second kappa shape index (κ2) is 8.15. The standard InChI is InChI=1S/C19H23N3O2/c1-14(2)20-18(23)16-9-11-17(12-10-16)21-19(24)22(3)13-15-7-5-4-6-8-15/h4-12,14H,13H2,1-3H3,(H,20,23)(H,21,24). The zero-order valence-corrected chi connectivity index (χ0v) is 14.2. The van der Waals surface area contributed by atoms with Crippen molar-refractivity contribution in [2.24, 2.45) is 0 Å². The van der Waals surface area contributed by atoms with E-state index in [0.717, 1.165) is 5.56 Å². The van der Waals surface area contributed by atoms with Gasteiger partial charge in [-0.3, -0.25) is 4.79 Å². The molecular formula is C19H23N3O2. The molecule has 0 aromatic heterocycles. The summed E-state index contributed by atoms with van der Waals surface area (Å²) in [6, 6.07) is 16.5. The van der Waals surface area contributed by atoms with Gasteiger partial charge in [0.25, 0.3) is 5.91 Å². The summed E-state index contributed by atoms with van der Waals surface area (Å²) in [5, 5.41) is 5.65. The van der Waals surface area contributed by atoms with Gasteiger partial charge in [0, 0.05) is 30.9 Å². The first-order valence-corrected chi connectivity index (χ1v) is 7.92. The monoisotopic (exact) mass is 325 g/mol. The Morgan fingerprint density at radius 2 is 1.62 bits per heavy atom. The fourth-order valence-electron chi connectivity index (χ4n) is 2.20. The summed E-state index contributed by atoms with van der Waals surface area (Å²) in [6.07, 6.45) is 0. The lowest BCUT2D eigenvalue weighted by molar-refractivity contribution is 0.0943. The van der Waals surface area contributed by atoms with Crippen molar-refractivity contribution in [1.29, 1.82) is 0 Å². The van der Waals surface area contributed by atoms with E-state index in [2.05, 4.69) is 10.6 Å². The van der Waals surface area contributed by atoms with Crippen molar-refractivity contribution in [2.45, 2.75) is 26.4 Å². The smallest absolute Gasteiger partial charge is 0.321 e. The summed E-state index contributed by atoms with van der Waals surface area (Å²) in [7, 11) is 1.74. The van der Waals surface area contributed by atoms with E-state index in [4.69, 9.17) is 0 Å². The van der Waals surface area contributed by atoms with Crippen molar-refractivity contribution in [1.82, 2.24) is 10.2 Å². The van der Waals surface area contributed by atoms with Crippen molar-refractivity contribution in [3.05, 3.63) is 65.7 Å². The highest BCUT2D eigenvalue weighted by Gasteiger charge is 2.10. The molecule has 5 nitrogen and oxygen atoms in total. The lowest BCUT2D eigenvalue weighted by Gasteiger charge is -2.18. The Balaban J connectivity index is 1.93. The number of nitrogens with zero attached hydrogens (tertiary/aromatic N) is 1. The van der Waals surface area contributed by atoms with Crippen LogP contribution in [-0.4, -0.2) is 29.9 Å². The Morgan fingerprint density at radius 3 is 2.21 bits per heavy atom. The topological polar surface area (TPSA) is 61.4 Å². The van der Waals surface area contributed by atoms with Crippen LogP contribution in [-0.2, 0) is 6.54 Å². The first kappa shape index (κ1) is 17.5. The van der Waals surface area contributed by atoms with Crippen molar-refractivity contribution in [3.63, 3.8) is 0 Å². The van der Waals surface area contributed by atoms with Gasteiger partial charge in [-0.15, -0.1) is 0 Å². The van der Waals surface area contributed by atoms with Crippen molar-refractivity contribution in [2.75, 3.05) is 12.4 Å². The Labute approximate surface area is 142 Å². The van der Waals surface area contributed by atoms with E-state index in [1.165, 1.54) is 0 Å². The van der Waals surface area contributed by atoms with E-state index < -0.39 is 0 Å². The molecule has 0 aliphatic heterocycles. The number of anilines is 1. The number of carbonyl (C=O) groups is 2. The van der Waals surface area contributed by atoms with E-state index in [1.54, 1.807) is 36.2 Å². The number of hydrogen-bond acceptors (Lipinski definition) is 2. The second-order valence-electron chi connectivity index (χ2n) is 5.98. The van der Waals surface area contributed by atoms with Gasteiger partial charge < -0.3 is 15.5 Å². The van der Waals surface area contributed by atoms with Crippen molar-refractivity contribution < 1.29 is 9.59 Å². The molecule has 0 atom stereocenters. The zero-order chi connectivity index (χ0) is 17.5. The van der Waals surface area contributed by atoms with E-state index in [1.807, 2.05) is 44.2 Å². The highest BCUT2D eigenvalue weighted by atomic mass is 16.2. The largest absolute Gasteiger partial charge is 0.350 e. The lowest BCUT2D eigenvalue weighted by Crippen LogP contribution is -2.31. The van der Waals surface area contributed by atoms with Crippen LogP contribution in [0.15, 0.2) is 54.6 Å². The van der Waals surface area contributed by atoms with Crippen LogP contribution in [0.25, 0.3) is 0 Å². The van der Waals surface area contributed by atoms with Crippen LogP contribution in [0, 0.1) is 0 Å². The van der Waals surface area contributed by atoms with E-state index >= 15 is 0 Å². The molecule has 2 N–H and O–H groups in total. The second-order valence-corrected chi connectivity index (χ2v) is 5.98. The minimum atomic E-state index is -0.196. The minimum Gasteiger partial charge on any atom is -0.350 e. The SMILES string of the molecule is CC(C)NC(=O)c1ccc(NC(=O)N(C)Cc2ccccc2)cc1. The summed E-state index contributed by atoms with van der Waals surface area (Å²) >= 11 is 0. The van der Waals surface area contributed by atoms with Gasteiger partial charge in [0.15, 0.2) is 0 Å². The molecule has 2 aromatic rings. The molecule has 0 saturated heterocycles. The van der Waals surface area contributed by atoms with Gasteiger partial charge in [-0.1, -0.05) is 30.3 Å². The molecule has 3 amide bonds.